The minimum atomic E-state index is -4.44. The fraction of sp³-hybridized carbons (Fsp3) is 1.00. The van der Waals surface area contributed by atoms with E-state index in [-0.39, 0.29) is 5.92 Å². The van der Waals surface area contributed by atoms with Gasteiger partial charge in [-0.3, -0.25) is 4.57 Å². The predicted molar refractivity (Wildman–Crippen MR) is 45.5 cm³/mol. The molecule has 0 unspecified atom stereocenters. The Hall–Kier alpha value is 0.0700. The standard InChI is InChI=1S/C6H16NO4P/c1-4(2)3-5(7)6(8)12(9,10)11/h4-6,8H,3,7H2,1-2H3,(H2,9,10,11)/t5-,6-/m0/s1. The third-order valence-corrected chi connectivity index (χ3v) is 2.54. The molecule has 0 fully saturated rings. The molecule has 0 bridgehead atoms. The van der Waals surface area contributed by atoms with Gasteiger partial charge in [0.2, 0.25) is 0 Å². The van der Waals surface area contributed by atoms with Crippen molar-refractivity contribution in [3.8, 4) is 0 Å². The third-order valence-electron chi connectivity index (χ3n) is 1.47. The number of nitrogens with two attached hydrogens (primary N) is 1. The fourth-order valence-corrected chi connectivity index (χ4v) is 1.54. The second-order valence-electron chi connectivity index (χ2n) is 3.30. The molecular weight excluding hydrogens is 181 g/mol. The van der Waals surface area contributed by atoms with Gasteiger partial charge in [0.05, 0.1) is 0 Å². The molecule has 0 aromatic heterocycles. The molecule has 0 aromatic rings. The van der Waals surface area contributed by atoms with E-state index >= 15 is 0 Å². The molecule has 0 heterocycles. The van der Waals surface area contributed by atoms with Gasteiger partial charge in [-0.15, -0.1) is 0 Å². The van der Waals surface area contributed by atoms with Gasteiger partial charge >= 0.3 is 7.60 Å². The van der Waals surface area contributed by atoms with Crippen molar-refractivity contribution in [3.05, 3.63) is 0 Å². The Balaban J connectivity index is 4.11. The van der Waals surface area contributed by atoms with Crippen molar-refractivity contribution >= 4 is 7.60 Å². The van der Waals surface area contributed by atoms with E-state index in [4.69, 9.17) is 20.6 Å². The van der Waals surface area contributed by atoms with Gasteiger partial charge in [0.15, 0.2) is 5.85 Å². The van der Waals surface area contributed by atoms with Crippen molar-refractivity contribution in [2.75, 3.05) is 0 Å². The molecule has 0 rings (SSSR count). The lowest BCUT2D eigenvalue weighted by Gasteiger charge is -2.20. The van der Waals surface area contributed by atoms with Gasteiger partial charge < -0.3 is 20.6 Å². The molecule has 2 atom stereocenters. The molecular formula is C6H16NO4P. The van der Waals surface area contributed by atoms with E-state index in [1.54, 1.807) is 0 Å². The lowest BCUT2D eigenvalue weighted by atomic mass is 10.1. The second-order valence-corrected chi connectivity index (χ2v) is 5.00. The molecule has 0 aliphatic carbocycles. The SMILES string of the molecule is CC(C)C[C@H](N)[C@@H](O)P(=O)(O)O. The van der Waals surface area contributed by atoms with Crippen molar-refractivity contribution in [1.29, 1.82) is 0 Å². The molecule has 74 valence electrons. The Bertz CT molecular complexity index is 178. The van der Waals surface area contributed by atoms with Crippen LogP contribution in [0, 0.1) is 5.92 Å². The summed E-state index contributed by atoms with van der Waals surface area (Å²) in [4.78, 5) is 17.1. The van der Waals surface area contributed by atoms with Crippen LogP contribution in [0.5, 0.6) is 0 Å². The highest BCUT2D eigenvalue weighted by atomic mass is 31.2. The van der Waals surface area contributed by atoms with Crippen LogP contribution in [0.1, 0.15) is 20.3 Å². The minimum absolute atomic E-state index is 0.209. The van der Waals surface area contributed by atoms with E-state index in [0.717, 1.165) is 0 Å². The highest BCUT2D eigenvalue weighted by Crippen LogP contribution is 2.41. The zero-order chi connectivity index (χ0) is 9.94. The second kappa shape index (κ2) is 4.35. The average Bonchev–Trinajstić information content (AvgIpc) is 1.82. The van der Waals surface area contributed by atoms with Crippen molar-refractivity contribution in [3.63, 3.8) is 0 Å². The molecule has 0 radical (unpaired) electrons. The first-order valence-corrected chi connectivity index (χ1v) is 5.42. The Morgan fingerprint density at radius 2 is 1.83 bits per heavy atom. The minimum Gasteiger partial charge on any atom is -0.379 e. The van der Waals surface area contributed by atoms with Crippen LogP contribution in [-0.2, 0) is 4.57 Å². The zero-order valence-electron chi connectivity index (χ0n) is 7.21. The molecule has 0 spiro atoms. The van der Waals surface area contributed by atoms with E-state index in [1.165, 1.54) is 0 Å². The largest absolute Gasteiger partial charge is 0.379 e. The number of aliphatic hydroxyl groups is 1. The van der Waals surface area contributed by atoms with E-state index in [0.29, 0.717) is 6.42 Å². The van der Waals surface area contributed by atoms with Gasteiger partial charge in [0.25, 0.3) is 0 Å². The van der Waals surface area contributed by atoms with Crippen molar-refractivity contribution < 1.29 is 19.5 Å². The van der Waals surface area contributed by atoms with Gasteiger partial charge in [-0.2, -0.15) is 0 Å². The van der Waals surface area contributed by atoms with E-state index < -0.39 is 19.5 Å². The van der Waals surface area contributed by atoms with Crippen molar-refractivity contribution in [2.45, 2.75) is 32.2 Å². The highest BCUT2D eigenvalue weighted by molar-refractivity contribution is 7.52. The van der Waals surface area contributed by atoms with Gasteiger partial charge in [-0.05, 0) is 12.3 Å². The normalized spacial score (nSPS) is 17.9. The van der Waals surface area contributed by atoms with Gasteiger partial charge in [0.1, 0.15) is 0 Å². The van der Waals surface area contributed by atoms with Crippen LogP contribution in [0.2, 0.25) is 0 Å². The highest BCUT2D eigenvalue weighted by Gasteiger charge is 2.32. The number of aliphatic hydroxyl groups excluding tert-OH is 1. The molecule has 0 aliphatic heterocycles. The Morgan fingerprint density at radius 1 is 1.42 bits per heavy atom. The number of hydrogen-bond donors (Lipinski definition) is 4. The first-order valence-electron chi connectivity index (χ1n) is 3.74. The summed E-state index contributed by atoms with van der Waals surface area (Å²) in [6, 6.07) is -0.856. The zero-order valence-corrected chi connectivity index (χ0v) is 8.11. The van der Waals surface area contributed by atoms with Crippen LogP contribution in [0.15, 0.2) is 0 Å². The Labute approximate surface area is 71.7 Å². The van der Waals surface area contributed by atoms with E-state index in [9.17, 15) is 4.57 Å². The van der Waals surface area contributed by atoms with Crippen LogP contribution < -0.4 is 5.73 Å². The first-order chi connectivity index (χ1) is 5.25. The molecule has 0 saturated carbocycles. The first kappa shape index (κ1) is 12.1. The average molecular weight is 197 g/mol. The number of hydrogen-bond acceptors (Lipinski definition) is 3. The lowest BCUT2D eigenvalue weighted by Crippen LogP contribution is -2.35. The molecule has 6 heteroatoms. The molecule has 5 nitrogen and oxygen atoms in total. The molecule has 0 saturated heterocycles. The monoisotopic (exact) mass is 197 g/mol. The lowest BCUT2D eigenvalue weighted by molar-refractivity contribution is 0.167. The van der Waals surface area contributed by atoms with Gasteiger partial charge in [-0.1, -0.05) is 13.8 Å². The third kappa shape index (κ3) is 4.18. The molecule has 0 aromatic carbocycles. The summed E-state index contributed by atoms with van der Waals surface area (Å²) >= 11 is 0. The maximum atomic E-state index is 10.5. The van der Waals surface area contributed by atoms with Crippen LogP contribution in [0.25, 0.3) is 0 Å². The number of rotatable bonds is 4. The van der Waals surface area contributed by atoms with Crippen LogP contribution in [0.3, 0.4) is 0 Å². The maximum absolute atomic E-state index is 10.5. The van der Waals surface area contributed by atoms with Gasteiger partial charge in [-0.25, -0.2) is 0 Å². The van der Waals surface area contributed by atoms with Crippen LogP contribution >= 0.6 is 7.60 Å². The smallest absolute Gasteiger partial charge is 0.355 e. The maximum Gasteiger partial charge on any atom is 0.355 e. The summed E-state index contributed by atoms with van der Waals surface area (Å²) in [5.41, 5.74) is 5.36. The summed E-state index contributed by atoms with van der Waals surface area (Å²) in [5, 5.41) is 9.01. The van der Waals surface area contributed by atoms with Gasteiger partial charge in [0, 0.05) is 6.04 Å². The Kier molecular flexibility index (Phi) is 4.37. The van der Waals surface area contributed by atoms with E-state index in [2.05, 4.69) is 0 Å². The topological polar surface area (TPSA) is 104 Å². The summed E-state index contributed by atoms with van der Waals surface area (Å²) in [5.74, 6) is -1.53. The summed E-state index contributed by atoms with van der Waals surface area (Å²) in [6.45, 7) is 3.73. The molecule has 0 amide bonds. The molecule has 5 N–H and O–H groups in total. The summed E-state index contributed by atoms with van der Waals surface area (Å²) in [7, 11) is -4.44. The summed E-state index contributed by atoms with van der Waals surface area (Å²) < 4.78 is 10.5. The predicted octanol–water partition coefficient (Wildman–Crippen LogP) is -0.144. The molecule has 0 aliphatic rings. The molecule has 12 heavy (non-hydrogen) atoms. The van der Waals surface area contributed by atoms with Crippen LogP contribution in [-0.4, -0.2) is 26.8 Å². The summed E-state index contributed by atoms with van der Waals surface area (Å²) in [6.07, 6.45) is 0.395. The van der Waals surface area contributed by atoms with E-state index in [1.807, 2.05) is 13.8 Å². The quantitative estimate of drug-likeness (QED) is 0.469. The fourth-order valence-electron chi connectivity index (χ4n) is 0.915. The Morgan fingerprint density at radius 3 is 2.08 bits per heavy atom. The van der Waals surface area contributed by atoms with Crippen molar-refractivity contribution in [1.82, 2.24) is 0 Å². The van der Waals surface area contributed by atoms with Crippen LogP contribution in [0.4, 0.5) is 0 Å². The van der Waals surface area contributed by atoms with Crippen molar-refractivity contribution in [2.24, 2.45) is 11.7 Å².